The maximum absolute atomic E-state index is 12.1. The van der Waals surface area contributed by atoms with Gasteiger partial charge in [-0.3, -0.25) is 4.79 Å². The van der Waals surface area contributed by atoms with Crippen molar-refractivity contribution in [1.82, 2.24) is 4.90 Å². The second-order valence-electron chi connectivity index (χ2n) is 3.52. The zero-order chi connectivity index (χ0) is 12.3. The highest BCUT2D eigenvalue weighted by atomic mass is 35.5. The number of hydrogen-bond donors (Lipinski definition) is 0. The highest BCUT2D eigenvalue weighted by Crippen LogP contribution is 2.25. The molecule has 0 saturated heterocycles. The van der Waals surface area contributed by atoms with Gasteiger partial charge in [-0.2, -0.15) is 0 Å². The fourth-order valence-electron chi connectivity index (χ4n) is 1.18. The molecule has 0 fully saturated rings. The van der Waals surface area contributed by atoms with E-state index in [1.165, 1.54) is 4.90 Å². The molecule has 0 saturated carbocycles. The van der Waals surface area contributed by atoms with Crippen molar-refractivity contribution in [2.75, 3.05) is 12.9 Å². The normalized spacial score (nSPS) is 12.3. The van der Waals surface area contributed by atoms with E-state index in [9.17, 15) is 4.79 Å². The Hall–Kier alpha value is -0.440. The Balaban J connectivity index is 3.05. The summed E-state index contributed by atoms with van der Waals surface area (Å²) < 4.78 is 0. The SMILES string of the molecule is CC(CCl)N(C)C(=O)c1c(Cl)cccc1Cl. The minimum Gasteiger partial charge on any atom is -0.338 e. The van der Waals surface area contributed by atoms with Crippen LogP contribution in [0, 0.1) is 0 Å². The maximum Gasteiger partial charge on any atom is 0.256 e. The van der Waals surface area contributed by atoms with Gasteiger partial charge in [0, 0.05) is 19.0 Å². The zero-order valence-electron chi connectivity index (χ0n) is 9.01. The molecule has 0 aliphatic rings. The molecule has 1 rings (SSSR count). The second kappa shape index (κ2) is 5.76. The lowest BCUT2D eigenvalue weighted by Crippen LogP contribution is -2.36. The third kappa shape index (κ3) is 2.82. The molecular weight excluding hydrogens is 268 g/mol. The van der Waals surface area contributed by atoms with Crippen molar-refractivity contribution in [3.05, 3.63) is 33.8 Å². The number of carbonyl (C=O) groups is 1. The van der Waals surface area contributed by atoms with Gasteiger partial charge in [-0.1, -0.05) is 29.3 Å². The van der Waals surface area contributed by atoms with Crippen molar-refractivity contribution in [2.24, 2.45) is 0 Å². The first kappa shape index (κ1) is 13.6. The number of hydrogen-bond acceptors (Lipinski definition) is 1. The van der Waals surface area contributed by atoms with Gasteiger partial charge < -0.3 is 4.90 Å². The van der Waals surface area contributed by atoms with Crippen LogP contribution in [0.1, 0.15) is 17.3 Å². The minimum absolute atomic E-state index is 0.0680. The summed E-state index contributed by atoms with van der Waals surface area (Å²) >= 11 is 17.6. The molecule has 0 bridgehead atoms. The van der Waals surface area contributed by atoms with Gasteiger partial charge in [0.25, 0.3) is 5.91 Å². The van der Waals surface area contributed by atoms with Crippen LogP contribution in [0.3, 0.4) is 0 Å². The van der Waals surface area contributed by atoms with Crippen LogP contribution in [0.25, 0.3) is 0 Å². The molecule has 1 unspecified atom stereocenters. The summed E-state index contributed by atoms with van der Waals surface area (Å²) in [4.78, 5) is 13.6. The van der Waals surface area contributed by atoms with Crippen molar-refractivity contribution in [2.45, 2.75) is 13.0 Å². The van der Waals surface area contributed by atoms with Gasteiger partial charge >= 0.3 is 0 Å². The van der Waals surface area contributed by atoms with E-state index in [0.717, 1.165) is 0 Å². The van der Waals surface area contributed by atoms with Gasteiger partial charge in [0.05, 0.1) is 15.6 Å². The number of benzene rings is 1. The van der Waals surface area contributed by atoms with Gasteiger partial charge in [-0.25, -0.2) is 0 Å². The lowest BCUT2D eigenvalue weighted by atomic mass is 10.2. The number of nitrogens with zero attached hydrogens (tertiary/aromatic N) is 1. The van der Waals surface area contributed by atoms with Gasteiger partial charge in [0.15, 0.2) is 0 Å². The molecule has 0 radical (unpaired) electrons. The van der Waals surface area contributed by atoms with E-state index < -0.39 is 0 Å². The quantitative estimate of drug-likeness (QED) is 0.773. The topological polar surface area (TPSA) is 20.3 Å². The summed E-state index contributed by atoms with van der Waals surface area (Å²) in [5.74, 6) is 0.147. The van der Waals surface area contributed by atoms with E-state index in [0.29, 0.717) is 21.5 Å². The number of rotatable bonds is 3. The largest absolute Gasteiger partial charge is 0.338 e. The van der Waals surface area contributed by atoms with Gasteiger partial charge in [0.1, 0.15) is 0 Å². The summed E-state index contributed by atoms with van der Waals surface area (Å²) in [5, 5.41) is 0.706. The monoisotopic (exact) mass is 279 g/mol. The molecule has 1 amide bonds. The molecule has 1 atom stereocenters. The van der Waals surface area contributed by atoms with Crippen molar-refractivity contribution in [1.29, 1.82) is 0 Å². The van der Waals surface area contributed by atoms with Crippen LogP contribution in [-0.2, 0) is 0 Å². The zero-order valence-corrected chi connectivity index (χ0v) is 11.3. The van der Waals surface area contributed by atoms with Gasteiger partial charge in [0.2, 0.25) is 0 Å². The molecule has 88 valence electrons. The standard InChI is InChI=1S/C11H12Cl3NO/c1-7(6-12)15(2)11(16)10-8(13)4-3-5-9(10)14/h3-5,7H,6H2,1-2H3. The number of carbonyl (C=O) groups excluding carboxylic acids is 1. The van der Waals surface area contributed by atoms with Crippen LogP contribution in [-0.4, -0.2) is 29.8 Å². The summed E-state index contributed by atoms with van der Waals surface area (Å²) in [5.41, 5.74) is 0.324. The second-order valence-corrected chi connectivity index (χ2v) is 4.64. The average Bonchev–Trinajstić information content (AvgIpc) is 2.26. The lowest BCUT2D eigenvalue weighted by molar-refractivity contribution is 0.0757. The molecule has 0 aliphatic heterocycles. The predicted molar refractivity (Wildman–Crippen MR) is 68.7 cm³/mol. The van der Waals surface area contributed by atoms with E-state index in [4.69, 9.17) is 34.8 Å². The van der Waals surface area contributed by atoms with Crippen LogP contribution in [0.2, 0.25) is 10.0 Å². The summed E-state index contributed by atoms with van der Waals surface area (Å²) in [6, 6.07) is 4.91. The average molecular weight is 281 g/mol. The molecule has 0 heterocycles. The third-order valence-corrected chi connectivity index (χ3v) is 3.46. The van der Waals surface area contributed by atoms with Gasteiger partial charge in [-0.05, 0) is 19.1 Å². The van der Waals surface area contributed by atoms with E-state index >= 15 is 0 Å². The summed E-state index contributed by atoms with van der Waals surface area (Å²) in [7, 11) is 1.68. The van der Waals surface area contributed by atoms with Crippen LogP contribution >= 0.6 is 34.8 Å². The summed E-state index contributed by atoms with van der Waals surface area (Å²) in [6.45, 7) is 1.86. The fraction of sp³-hybridized carbons (Fsp3) is 0.364. The molecule has 0 spiro atoms. The van der Waals surface area contributed by atoms with Crippen molar-refractivity contribution < 1.29 is 4.79 Å². The van der Waals surface area contributed by atoms with E-state index in [2.05, 4.69) is 0 Å². The Kier molecular flexibility index (Phi) is 4.90. The molecule has 16 heavy (non-hydrogen) atoms. The van der Waals surface area contributed by atoms with Crippen molar-refractivity contribution >= 4 is 40.7 Å². The van der Waals surface area contributed by atoms with Crippen LogP contribution in [0.4, 0.5) is 0 Å². The van der Waals surface area contributed by atoms with Crippen LogP contribution in [0.5, 0.6) is 0 Å². The highest BCUT2D eigenvalue weighted by molar-refractivity contribution is 6.39. The van der Waals surface area contributed by atoms with E-state index in [-0.39, 0.29) is 11.9 Å². The molecule has 2 nitrogen and oxygen atoms in total. The first-order valence-corrected chi connectivity index (χ1v) is 6.05. The first-order chi connectivity index (χ1) is 7.49. The van der Waals surface area contributed by atoms with Crippen molar-refractivity contribution in [3.63, 3.8) is 0 Å². The van der Waals surface area contributed by atoms with Crippen LogP contribution < -0.4 is 0 Å². The smallest absolute Gasteiger partial charge is 0.256 e. The number of alkyl halides is 1. The number of halogens is 3. The highest BCUT2D eigenvalue weighted by Gasteiger charge is 2.21. The molecule has 0 N–H and O–H groups in total. The maximum atomic E-state index is 12.1. The van der Waals surface area contributed by atoms with E-state index in [1.807, 2.05) is 6.92 Å². The predicted octanol–water partition coefficient (Wildman–Crippen LogP) is 3.69. The molecule has 0 aliphatic carbocycles. The Labute approximate surface area is 110 Å². The Bertz CT molecular complexity index is 375. The molecule has 0 aromatic heterocycles. The fourth-order valence-corrected chi connectivity index (χ4v) is 1.95. The van der Waals surface area contributed by atoms with Crippen LogP contribution in [0.15, 0.2) is 18.2 Å². The number of amides is 1. The molecule has 5 heteroatoms. The minimum atomic E-state index is -0.219. The Morgan fingerprint density at radius 1 is 1.38 bits per heavy atom. The van der Waals surface area contributed by atoms with Crippen molar-refractivity contribution in [3.8, 4) is 0 Å². The molecule has 1 aromatic carbocycles. The third-order valence-electron chi connectivity index (χ3n) is 2.38. The Morgan fingerprint density at radius 2 is 1.88 bits per heavy atom. The molecular formula is C11H12Cl3NO. The summed E-state index contributed by atoms with van der Waals surface area (Å²) in [6.07, 6.45) is 0. The lowest BCUT2D eigenvalue weighted by Gasteiger charge is -2.23. The molecule has 1 aromatic rings. The Morgan fingerprint density at radius 3 is 2.31 bits per heavy atom. The first-order valence-electron chi connectivity index (χ1n) is 4.76. The van der Waals surface area contributed by atoms with E-state index in [1.54, 1.807) is 25.2 Å². The van der Waals surface area contributed by atoms with Gasteiger partial charge in [-0.15, -0.1) is 11.6 Å².